The molecular weight excluding hydrogens is 412 g/mol. The fourth-order valence-electron chi connectivity index (χ4n) is 3.37. The molecule has 3 rings (SSSR count). The summed E-state index contributed by atoms with van der Waals surface area (Å²) in [6, 6.07) is 5.55. The largest absolute Gasteiger partial charge is 0.289 e. The van der Waals surface area contributed by atoms with Gasteiger partial charge in [-0.1, -0.05) is 22.4 Å². The average molecular weight is 430 g/mol. The Labute approximate surface area is 147 Å². The molecule has 2 saturated heterocycles. The smallest absolute Gasteiger partial charge is 0.251 e. The Kier molecular flexibility index (Phi) is 4.71. The molecule has 2 fully saturated rings. The molecule has 0 unspecified atom stereocenters. The SMILES string of the molecule is C[C@@H]1CCCCN1[C@H]1CC(=O)N(c2ccc(Br)cc2Br)C1=O. The van der Waals surface area contributed by atoms with Crippen LogP contribution in [-0.2, 0) is 9.59 Å². The van der Waals surface area contributed by atoms with Crippen LogP contribution >= 0.6 is 31.9 Å². The summed E-state index contributed by atoms with van der Waals surface area (Å²) < 4.78 is 1.65. The third-order valence-electron chi connectivity index (χ3n) is 4.53. The minimum atomic E-state index is -0.307. The van der Waals surface area contributed by atoms with Crippen molar-refractivity contribution < 1.29 is 9.59 Å². The van der Waals surface area contributed by atoms with Crippen LogP contribution in [0.4, 0.5) is 5.69 Å². The fraction of sp³-hybridized carbons (Fsp3) is 0.500. The normalized spacial score (nSPS) is 26.8. The predicted octanol–water partition coefficient (Wildman–Crippen LogP) is 3.72. The molecule has 0 N–H and O–H groups in total. The summed E-state index contributed by atoms with van der Waals surface area (Å²) in [7, 11) is 0. The Morgan fingerprint density at radius 1 is 1.18 bits per heavy atom. The van der Waals surface area contributed by atoms with E-state index in [9.17, 15) is 9.59 Å². The van der Waals surface area contributed by atoms with Crippen LogP contribution in [0, 0.1) is 0 Å². The molecule has 4 nitrogen and oxygen atoms in total. The molecule has 2 aliphatic heterocycles. The quantitative estimate of drug-likeness (QED) is 0.672. The number of carbonyl (C=O) groups excluding carboxylic acids is 2. The second kappa shape index (κ2) is 6.42. The number of anilines is 1. The molecule has 6 heteroatoms. The van der Waals surface area contributed by atoms with Gasteiger partial charge in [-0.25, -0.2) is 4.90 Å². The van der Waals surface area contributed by atoms with Crippen LogP contribution in [0.15, 0.2) is 27.1 Å². The Morgan fingerprint density at radius 3 is 2.64 bits per heavy atom. The highest BCUT2D eigenvalue weighted by molar-refractivity contribution is 9.11. The summed E-state index contributed by atoms with van der Waals surface area (Å²) in [6.07, 6.45) is 3.68. The average Bonchev–Trinajstić information content (AvgIpc) is 2.75. The number of likely N-dealkylation sites (tertiary alicyclic amines) is 1. The van der Waals surface area contributed by atoms with Crippen molar-refractivity contribution in [2.45, 2.75) is 44.7 Å². The van der Waals surface area contributed by atoms with Gasteiger partial charge in [0, 0.05) is 15.0 Å². The molecule has 1 aromatic carbocycles. The Balaban J connectivity index is 1.88. The second-order valence-corrected chi connectivity index (χ2v) is 7.74. The van der Waals surface area contributed by atoms with Crippen molar-refractivity contribution in [2.24, 2.45) is 0 Å². The zero-order chi connectivity index (χ0) is 15.9. The van der Waals surface area contributed by atoms with Crippen molar-refractivity contribution in [3.05, 3.63) is 27.1 Å². The van der Waals surface area contributed by atoms with E-state index in [4.69, 9.17) is 0 Å². The molecule has 118 valence electrons. The van der Waals surface area contributed by atoms with Gasteiger partial charge in [-0.2, -0.15) is 0 Å². The summed E-state index contributed by atoms with van der Waals surface area (Å²) in [5.41, 5.74) is 0.630. The van der Waals surface area contributed by atoms with E-state index in [0.29, 0.717) is 11.7 Å². The molecule has 0 aromatic heterocycles. The standard InChI is InChI=1S/C16H18Br2N2O2/c1-10-4-2-3-7-19(10)14-9-15(21)20(16(14)22)13-6-5-11(17)8-12(13)18/h5-6,8,10,14H,2-4,7,9H2,1H3/t10-,14+/m1/s1. The van der Waals surface area contributed by atoms with Gasteiger partial charge in [-0.05, 0) is 60.4 Å². The van der Waals surface area contributed by atoms with E-state index in [2.05, 4.69) is 43.7 Å². The van der Waals surface area contributed by atoms with Gasteiger partial charge in [-0.3, -0.25) is 14.5 Å². The maximum atomic E-state index is 12.8. The van der Waals surface area contributed by atoms with Crippen molar-refractivity contribution >= 4 is 49.4 Å². The topological polar surface area (TPSA) is 40.6 Å². The molecule has 0 radical (unpaired) electrons. The third kappa shape index (κ3) is 2.88. The number of carbonyl (C=O) groups is 2. The van der Waals surface area contributed by atoms with Gasteiger partial charge in [0.15, 0.2) is 0 Å². The zero-order valence-corrected chi connectivity index (χ0v) is 15.6. The first-order chi connectivity index (χ1) is 10.5. The summed E-state index contributed by atoms with van der Waals surface area (Å²) in [5, 5.41) is 0. The van der Waals surface area contributed by atoms with Crippen LogP contribution in [0.2, 0.25) is 0 Å². The Bertz CT molecular complexity index is 620. The minimum absolute atomic E-state index is 0.0956. The van der Waals surface area contributed by atoms with E-state index in [1.165, 1.54) is 11.3 Å². The van der Waals surface area contributed by atoms with Gasteiger partial charge in [0.1, 0.15) is 0 Å². The lowest BCUT2D eigenvalue weighted by Crippen LogP contribution is -2.48. The number of piperidine rings is 1. The van der Waals surface area contributed by atoms with Gasteiger partial charge in [0.2, 0.25) is 5.91 Å². The first-order valence-corrected chi connectivity index (χ1v) is 9.15. The molecule has 0 bridgehead atoms. The molecule has 0 aliphatic carbocycles. The van der Waals surface area contributed by atoms with E-state index in [-0.39, 0.29) is 24.3 Å². The van der Waals surface area contributed by atoms with Crippen LogP contribution in [-0.4, -0.2) is 35.3 Å². The van der Waals surface area contributed by atoms with E-state index < -0.39 is 0 Å². The van der Waals surface area contributed by atoms with E-state index in [1.54, 1.807) is 6.07 Å². The zero-order valence-electron chi connectivity index (χ0n) is 12.4. The predicted molar refractivity (Wildman–Crippen MR) is 92.8 cm³/mol. The maximum Gasteiger partial charge on any atom is 0.251 e. The number of imide groups is 1. The lowest BCUT2D eigenvalue weighted by Gasteiger charge is -2.36. The van der Waals surface area contributed by atoms with Crippen LogP contribution < -0.4 is 4.90 Å². The first kappa shape index (κ1) is 16.1. The molecule has 2 heterocycles. The maximum absolute atomic E-state index is 12.8. The Hall–Kier alpha value is -0.720. The number of amides is 2. The number of rotatable bonds is 2. The van der Waals surface area contributed by atoms with Crippen LogP contribution in [0.25, 0.3) is 0 Å². The summed E-state index contributed by atoms with van der Waals surface area (Å²) in [6.45, 7) is 3.05. The first-order valence-electron chi connectivity index (χ1n) is 7.56. The van der Waals surface area contributed by atoms with Gasteiger partial charge in [-0.15, -0.1) is 0 Å². The number of hydrogen-bond acceptors (Lipinski definition) is 3. The molecular formula is C16H18Br2N2O2. The van der Waals surface area contributed by atoms with Crippen LogP contribution in [0.1, 0.15) is 32.6 Å². The van der Waals surface area contributed by atoms with E-state index in [0.717, 1.165) is 28.3 Å². The fourth-order valence-corrected chi connectivity index (χ4v) is 4.60. The van der Waals surface area contributed by atoms with Crippen molar-refractivity contribution in [1.82, 2.24) is 4.90 Å². The number of nitrogens with zero attached hydrogens (tertiary/aromatic N) is 2. The van der Waals surface area contributed by atoms with Crippen molar-refractivity contribution in [3.8, 4) is 0 Å². The van der Waals surface area contributed by atoms with Gasteiger partial charge in [0.25, 0.3) is 5.91 Å². The molecule has 0 saturated carbocycles. The Morgan fingerprint density at radius 2 is 1.95 bits per heavy atom. The molecule has 2 atom stereocenters. The lowest BCUT2D eigenvalue weighted by molar-refractivity contribution is -0.123. The molecule has 22 heavy (non-hydrogen) atoms. The van der Waals surface area contributed by atoms with E-state index >= 15 is 0 Å². The monoisotopic (exact) mass is 428 g/mol. The van der Waals surface area contributed by atoms with Crippen molar-refractivity contribution in [2.75, 3.05) is 11.4 Å². The van der Waals surface area contributed by atoms with Crippen molar-refractivity contribution in [1.29, 1.82) is 0 Å². The number of benzene rings is 1. The lowest BCUT2D eigenvalue weighted by atomic mass is 10.0. The third-order valence-corrected chi connectivity index (χ3v) is 5.66. The minimum Gasteiger partial charge on any atom is -0.289 e. The molecule has 1 aromatic rings. The van der Waals surface area contributed by atoms with Crippen LogP contribution in [0.3, 0.4) is 0 Å². The summed E-state index contributed by atoms with van der Waals surface area (Å²) in [5.74, 6) is -0.211. The van der Waals surface area contributed by atoms with Gasteiger partial charge >= 0.3 is 0 Å². The number of halogens is 2. The highest BCUT2D eigenvalue weighted by atomic mass is 79.9. The second-order valence-electron chi connectivity index (χ2n) is 5.97. The highest BCUT2D eigenvalue weighted by Gasteiger charge is 2.44. The molecule has 2 amide bonds. The van der Waals surface area contributed by atoms with Gasteiger partial charge < -0.3 is 0 Å². The summed E-state index contributed by atoms with van der Waals surface area (Å²) >= 11 is 6.84. The highest BCUT2D eigenvalue weighted by Crippen LogP contribution is 2.35. The van der Waals surface area contributed by atoms with Crippen molar-refractivity contribution in [3.63, 3.8) is 0 Å². The van der Waals surface area contributed by atoms with Gasteiger partial charge in [0.05, 0.1) is 18.2 Å². The summed E-state index contributed by atoms with van der Waals surface area (Å²) in [4.78, 5) is 28.8. The number of hydrogen-bond donors (Lipinski definition) is 0. The molecule has 0 spiro atoms. The molecule has 2 aliphatic rings. The van der Waals surface area contributed by atoms with E-state index in [1.807, 2.05) is 12.1 Å². The van der Waals surface area contributed by atoms with Crippen LogP contribution in [0.5, 0.6) is 0 Å².